The van der Waals surface area contributed by atoms with Gasteiger partial charge in [0.25, 0.3) is 11.5 Å². The highest BCUT2D eigenvalue weighted by molar-refractivity contribution is 8.26. The fraction of sp³-hybridized carbons (Fsp3) is 0.615. The summed E-state index contributed by atoms with van der Waals surface area (Å²) in [6, 6.07) is 2.11. The lowest BCUT2D eigenvalue weighted by Gasteiger charge is -2.39. The molecule has 0 spiro atoms. The van der Waals surface area contributed by atoms with Crippen molar-refractivity contribution < 1.29 is 14.3 Å². The minimum absolute atomic E-state index is 0.0178. The van der Waals surface area contributed by atoms with Crippen LogP contribution in [0.2, 0.25) is 0 Å². The third-order valence-corrected chi connectivity index (χ3v) is 7.70. The lowest BCUT2D eigenvalue weighted by atomic mass is 10.0. The van der Waals surface area contributed by atoms with Crippen LogP contribution in [0.3, 0.4) is 0 Å². The SMILES string of the molecule is CCCCn1c(N2CC(C)OC(C)C2)c(/C=C2/SC(=S)N(CCCOCC)C2=O)c(C)c(C#N)c1=O. The van der Waals surface area contributed by atoms with Crippen molar-refractivity contribution in [1.82, 2.24) is 9.47 Å². The Morgan fingerprint density at radius 3 is 2.50 bits per heavy atom. The molecule has 1 aromatic heterocycles. The predicted molar refractivity (Wildman–Crippen MR) is 148 cm³/mol. The number of ether oxygens (including phenoxy) is 2. The Morgan fingerprint density at radius 1 is 1.19 bits per heavy atom. The quantitative estimate of drug-likeness (QED) is 0.253. The van der Waals surface area contributed by atoms with Crippen molar-refractivity contribution in [2.24, 2.45) is 0 Å². The first-order valence-corrected chi connectivity index (χ1v) is 13.9. The summed E-state index contributed by atoms with van der Waals surface area (Å²) >= 11 is 6.78. The van der Waals surface area contributed by atoms with E-state index in [-0.39, 0.29) is 29.2 Å². The van der Waals surface area contributed by atoms with Crippen LogP contribution in [-0.4, -0.2) is 64.8 Å². The Bertz CT molecular complexity index is 1110. The van der Waals surface area contributed by atoms with E-state index in [4.69, 9.17) is 21.7 Å². The molecule has 1 amide bonds. The molecule has 2 aliphatic heterocycles. The number of thioether (sulfide) groups is 1. The molecule has 196 valence electrons. The molecule has 0 radical (unpaired) electrons. The van der Waals surface area contributed by atoms with Gasteiger partial charge in [-0.15, -0.1) is 0 Å². The Morgan fingerprint density at radius 2 is 1.89 bits per heavy atom. The second kappa shape index (κ2) is 12.9. The van der Waals surface area contributed by atoms with E-state index in [1.54, 1.807) is 16.4 Å². The highest BCUT2D eigenvalue weighted by Gasteiger charge is 2.34. The number of hydrogen-bond acceptors (Lipinski definition) is 8. The van der Waals surface area contributed by atoms with Crippen molar-refractivity contribution in [1.29, 1.82) is 5.26 Å². The van der Waals surface area contributed by atoms with Gasteiger partial charge in [-0.25, -0.2) is 0 Å². The molecule has 0 saturated carbocycles. The van der Waals surface area contributed by atoms with Gasteiger partial charge in [-0.05, 0) is 52.2 Å². The Labute approximate surface area is 223 Å². The number of nitrogens with zero attached hydrogens (tertiary/aromatic N) is 4. The van der Waals surface area contributed by atoms with Gasteiger partial charge in [0, 0.05) is 45.0 Å². The largest absolute Gasteiger partial charge is 0.382 e. The third-order valence-electron chi connectivity index (χ3n) is 6.32. The first-order chi connectivity index (χ1) is 17.2. The fourth-order valence-corrected chi connectivity index (χ4v) is 5.94. The topological polar surface area (TPSA) is 87.8 Å². The summed E-state index contributed by atoms with van der Waals surface area (Å²) in [5, 5.41) is 9.87. The third kappa shape index (κ3) is 6.20. The molecule has 0 aliphatic carbocycles. The highest BCUT2D eigenvalue weighted by Crippen LogP contribution is 2.36. The number of hydrogen-bond donors (Lipinski definition) is 0. The van der Waals surface area contributed by atoms with Gasteiger partial charge in [0.2, 0.25) is 0 Å². The molecule has 2 atom stereocenters. The van der Waals surface area contributed by atoms with Crippen molar-refractivity contribution in [2.75, 3.05) is 37.7 Å². The van der Waals surface area contributed by atoms with Gasteiger partial charge >= 0.3 is 0 Å². The van der Waals surface area contributed by atoms with Crippen LogP contribution >= 0.6 is 24.0 Å². The number of nitriles is 1. The molecule has 0 N–H and O–H groups in total. The van der Waals surface area contributed by atoms with Crippen LogP contribution in [-0.2, 0) is 20.8 Å². The monoisotopic (exact) mass is 532 g/mol. The van der Waals surface area contributed by atoms with Crippen molar-refractivity contribution >= 4 is 46.1 Å². The van der Waals surface area contributed by atoms with Gasteiger partial charge in [-0.3, -0.25) is 19.1 Å². The van der Waals surface area contributed by atoms with Gasteiger partial charge in [0.1, 0.15) is 21.8 Å². The molecule has 2 fully saturated rings. The van der Waals surface area contributed by atoms with Crippen LogP contribution < -0.4 is 10.5 Å². The summed E-state index contributed by atoms with van der Waals surface area (Å²) < 4.78 is 13.6. The number of aromatic nitrogens is 1. The highest BCUT2D eigenvalue weighted by atomic mass is 32.2. The van der Waals surface area contributed by atoms with E-state index in [1.165, 1.54) is 11.8 Å². The number of carbonyl (C=O) groups excluding carboxylic acids is 1. The van der Waals surface area contributed by atoms with Gasteiger partial charge in [0.15, 0.2) is 0 Å². The molecule has 2 unspecified atom stereocenters. The molecular weight excluding hydrogens is 496 g/mol. The summed E-state index contributed by atoms with van der Waals surface area (Å²) in [7, 11) is 0. The molecule has 8 nitrogen and oxygen atoms in total. The molecule has 3 rings (SSSR count). The minimum Gasteiger partial charge on any atom is -0.382 e. The molecule has 10 heteroatoms. The summed E-state index contributed by atoms with van der Waals surface area (Å²) in [6.07, 6.45) is 4.19. The lowest BCUT2D eigenvalue weighted by Crippen LogP contribution is -2.48. The van der Waals surface area contributed by atoms with E-state index in [0.29, 0.717) is 60.6 Å². The molecule has 1 aromatic rings. The second-order valence-electron chi connectivity index (χ2n) is 9.21. The van der Waals surface area contributed by atoms with Gasteiger partial charge < -0.3 is 14.4 Å². The summed E-state index contributed by atoms with van der Waals surface area (Å²) in [5.74, 6) is 0.592. The number of anilines is 1. The Hall–Kier alpha value is -2.19. The average molecular weight is 533 g/mol. The maximum absolute atomic E-state index is 13.4. The predicted octanol–water partition coefficient (Wildman–Crippen LogP) is 4.07. The zero-order valence-corrected chi connectivity index (χ0v) is 23.5. The molecule has 0 bridgehead atoms. The zero-order valence-electron chi connectivity index (χ0n) is 21.8. The maximum atomic E-state index is 13.4. The fourth-order valence-electron chi connectivity index (χ4n) is 4.65. The number of rotatable bonds is 10. The Balaban J connectivity index is 2.12. The molecular formula is C26H36N4O4S2. The van der Waals surface area contributed by atoms with Crippen LogP contribution in [0.15, 0.2) is 9.70 Å². The maximum Gasteiger partial charge on any atom is 0.270 e. The standard InChI is InChI=1S/C26H36N4O4S2/c1-6-8-10-29-23(28-15-17(3)34-18(4)16-28)20(19(5)21(14-27)24(29)31)13-22-25(32)30(26(35)36-22)11-9-12-33-7-2/h13,17-18H,6-12,15-16H2,1-5H3/b22-13+. The molecule has 0 aromatic carbocycles. The smallest absolute Gasteiger partial charge is 0.270 e. The number of pyridine rings is 1. The first kappa shape index (κ1) is 28.4. The minimum atomic E-state index is -0.286. The van der Waals surface area contributed by atoms with E-state index < -0.39 is 0 Å². The zero-order chi connectivity index (χ0) is 26.4. The molecule has 3 heterocycles. The molecule has 2 saturated heterocycles. The van der Waals surface area contributed by atoms with Crippen molar-refractivity contribution in [3.8, 4) is 6.07 Å². The van der Waals surface area contributed by atoms with Crippen molar-refractivity contribution in [3.05, 3.63) is 31.9 Å². The van der Waals surface area contributed by atoms with E-state index in [9.17, 15) is 14.9 Å². The summed E-state index contributed by atoms with van der Waals surface area (Å²) in [4.78, 5) is 31.0. The molecule has 36 heavy (non-hydrogen) atoms. The summed E-state index contributed by atoms with van der Waals surface area (Å²) in [6.45, 7) is 13.2. The normalized spacial score (nSPS) is 21.5. The summed E-state index contributed by atoms with van der Waals surface area (Å²) in [5.41, 5.74) is 1.13. The molecule has 2 aliphatic rings. The average Bonchev–Trinajstić information content (AvgIpc) is 3.09. The number of amides is 1. The number of unbranched alkanes of at least 4 members (excludes halogenated alkanes) is 1. The van der Waals surface area contributed by atoms with Crippen molar-refractivity contribution in [2.45, 2.75) is 72.6 Å². The second-order valence-corrected chi connectivity index (χ2v) is 10.9. The van der Waals surface area contributed by atoms with Crippen LogP contribution in [0.25, 0.3) is 6.08 Å². The van der Waals surface area contributed by atoms with Crippen molar-refractivity contribution in [3.63, 3.8) is 0 Å². The first-order valence-electron chi connectivity index (χ1n) is 12.6. The lowest BCUT2D eigenvalue weighted by molar-refractivity contribution is -0.122. The van der Waals surface area contributed by atoms with Gasteiger partial charge in [-0.2, -0.15) is 5.26 Å². The van der Waals surface area contributed by atoms with E-state index in [1.807, 2.05) is 26.8 Å². The van der Waals surface area contributed by atoms with Crippen LogP contribution in [0.5, 0.6) is 0 Å². The van der Waals surface area contributed by atoms with Gasteiger partial charge in [-0.1, -0.05) is 37.3 Å². The number of morpholine rings is 1. The van der Waals surface area contributed by atoms with E-state index in [0.717, 1.165) is 24.2 Å². The Kier molecular flexibility index (Phi) is 10.1. The van der Waals surface area contributed by atoms with E-state index >= 15 is 0 Å². The number of carbonyl (C=O) groups is 1. The van der Waals surface area contributed by atoms with Gasteiger partial charge in [0.05, 0.1) is 17.1 Å². The van der Waals surface area contributed by atoms with Crippen LogP contribution in [0.1, 0.15) is 63.6 Å². The number of thiocarbonyl (C=S) groups is 1. The van der Waals surface area contributed by atoms with Crippen LogP contribution in [0.4, 0.5) is 5.82 Å². The van der Waals surface area contributed by atoms with Crippen LogP contribution in [0, 0.1) is 18.3 Å². The van der Waals surface area contributed by atoms with E-state index in [2.05, 4.69) is 17.9 Å².